The van der Waals surface area contributed by atoms with Crippen LogP contribution in [-0.4, -0.2) is 31.1 Å². The highest BCUT2D eigenvalue weighted by Crippen LogP contribution is 2.21. The Morgan fingerprint density at radius 1 is 1.33 bits per heavy atom. The predicted molar refractivity (Wildman–Crippen MR) is 76.4 cm³/mol. The highest BCUT2D eigenvalue weighted by Gasteiger charge is 2.09. The minimum Gasteiger partial charge on any atom is -0.396 e. The minimum atomic E-state index is 0.107. The molecule has 100 valence electrons. The molecule has 18 heavy (non-hydrogen) atoms. The highest BCUT2D eigenvalue weighted by molar-refractivity contribution is 6.00. The zero-order valence-corrected chi connectivity index (χ0v) is 11.2. The van der Waals surface area contributed by atoms with Crippen LogP contribution >= 0.6 is 0 Å². The van der Waals surface area contributed by atoms with E-state index in [-0.39, 0.29) is 12.4 Å². The van der Waals surface area contributed by atoms with Gasteiger partial charge in [0.2, 0.25) is 0 Å². The average molecular weight is 249 g/mol. The number of aliphatic hydroxyl groups is 1. The predicted octanol–water partition coefficient (Wildman–Crippen LogP) is 1.88. The SMILES string of the molecule is Cc1ccc(N(C)CCCCCO)c(C(=N)N)c1. The van der Waals surface area contributed by atoms with Crippen LogP contribution in [0.4, 0.5) is 5.69 Å². The molecule has 1 aromatic rings. The first-order valence-electron chi connectivity index (χ1n) is 6.33. The number of hydrogen-bond donors (Lipinski definition) is 3. The molecule has 0 aromatic heterocycles. The summed E-state index contributed by atoms with van der Waals surface area (Å²) in [5.41, 5.74) is 8.52. The van der Waals surface area contributed by atoms with Crippen LogP contribution in [0.15, 0.2) is 18.2 Å². The van der Waals surface area contributed by atoms with Gasteiger partial charge in [-0.05, 0) is 38.3 Å². The first-order valence-corrected chi connectivity index (χ1v) is 6.33. The Hall–Kier alpha value is -1.55. The van der Waals surface area contributed by atoms with Crippen molar-refractivity contribution in [1.82, 2.24) is 0 Å². The van der Waals surface area contributed by atoms with Gasteiger partial charge < -0.3 is 15.7 Å². The van der Waals surface area contributed by atoms with Gasteiger partial charge in [-0.2, -0.15) is 0 Å². The van der Waals surface area contributed by atoms with E-state index in [2.05, 4.69) is 4.90 Å². The van der Waals surface area contributed by atoms with Crippen LogP contribution in [0.3, 0.4) is 0 Å². The number of rotatable bonds is 7. The lowest BCUT2D eigenvalue weighted by Gasteiger charge is -2.22. The molecule has 0 saturated heterocycles. The largest absolute Gasteiger partial charge is 0.396 e. The molecule has 0 amide bonds. The van der Waals surface area contributed by atoms with Gasteiger partial charge in [-0.25, -0.2) is 0 Å². The Kier molecular flexibility index (Phi) is 5.65. The van der Waals surface area contributed by atoms with Crippen molar-refractivity contribution in [2.75, 3.05) is 25.1 Å². The number of nitrogen functional groups attached to an aromatic ring is 1. The van der Waals surface area contributed by atoms with E-state index in [0.29, 0.717) is 0 Å². The van der Waals surface area contributed by atoms with Crippen molar-refractivity contribution in [1.29, 1.82) is 5.41 Å². The Labute approximate surface area is 109 Å². The van der Waals surface area contributed by atoms with Gasteiger partial charge in [-0.3, -0.25) is 5.41 Å². The molecular weight excluding hydrogens is 226 g/mol. The first kappa shape index (κ1) is 14.5. The van der Waals surface area contributed by atoms with Crippen LogP contribution in [0.2, 0.25) is 0 Å². The van der Waals surface area contributed by atoms with Crippen molar-refractivity contribution in [2.24, 2.45) is 5.73 Å². The van der Waals surface area contributed by atoms with Crippen LogP contribution in [0.5, 0.6) is 0 Å². The second-order valence-electron chi connectivity index (χ2n) is 4.64. The van der Waals surface area contributed by atoms with Crippen molar-refractivity contribution in [3.8, 4) is 0 Å². The summed E-state index contributed by atoms with van der Waals surface area (Å²) in [6, 6.07) is 5.99. The van der Waals surface area contributed by atoms with Crippen molar-refractivity contribution >= 4 is 11.5 Å². The number of unbranched alkanes of at least 4 members (excludes halogenated alkanes) is 2. The summed E-state index contributed by atoms with van der Waals surface area (Å²) in [4.78, 5) is 2.12. The van der Waals surface area contributed by atoms with Crippen molar-refractivity contribution in [2.45, 2.75) is 26.2 Å². The molecule has 4 nitrogen and oxygen atoms in total. The highest BCUT2D eigenvalue weighted by atomic mass is 16.2. The van der Waals surface area contributed by atoms with Gasteiger partial charge in [0, 0.05) is 31.5 Å². The number of anilines is 1. The van der Waals surface area contributed by atoms with E-state index >= 15 is 0 Å². The molecule has 4 heteroatoms. The third-order valence-corrected chi connectivity index (χ3v) is 3.01. The monoisotopic (exact) mass is 249 g/mol. The third kappa shape index (κ3) is 4.04. The van der Waals surface area contributed by atoms with E-state index in [1.165, 1.54) is 0 Å². The fourth-order valence-electron chi connectivity index (χ4n) is 1.96. The number of benzene rings is 1. The minimum absolute atomic E-state index is 0.107. The molecule has 4 N–H and O–H groups in total. The third-order valence-electron chi connectivity index (χ3n) is 3.01. The number of aryl methyl sites for hydroxylation is 1. The Bertz CT molecular complexity index is 404. The summed E-state index contributed by atoms with van der Waals surface area (Å²) in [5, 5.41) is 16.4. The lowest BCUT2D eigenvalue weighted by atomic mass is 10.1. The quantitative estimate of drug-likeness (QED) is 0.392. The molecule has 0 radical (unpaired) electrons. The molecule has 0 heterocycles. The van der Waals surface area contributed by atoms with Crippen LogP contribution in [0.1, 0.15) is 30.4 Å². The Morgan fingerprint density at radius 3 is 2.67 bits per heavy atom. The molecule has 0 fully saturated rings. The Morgan fingerprint density at radius 2 is 2.06 bits per heavy atom. The van der Waals surface area contributed by atoms with Crippen LogP contribution < -0.4 is 10.6 Å². The van der Waals surface area contributed by atoms with E-state index in [4.69, 9.17) is 16.2 Å². The average Bonchev–Trinajstić information content (AvgIpc) is 2.34. The zero-order chi connectivity index (χ0) is 13.5. The second-order valence-corrected chi connectivity index (χ2v) is 4.64. The van der Waals surface area contributed by atoms with Crippen molar-refractivity contribution in [3.05, 3.63) is 29.3 Å². The van der Waals surface area contributed by atoms with Gasteiger partial charge in [0.15, 0.2) is 0 Å². The van der Waals surface area contributed by atoms with Gasteiger partial charge in [0.05, 0.1) is 0 Å². The van der Waals surface area contributed by atoms with Crippen LogP contribution in [-0.2, 0) is 0 Å². The molecule has 0 unspecified atom stereocenters. The van der Waals surface area contributed by atoms with E-state index in [1.807, 2.05) is 32.2 Å². The molecule has 0 spiro atoms. The second kappa shape index (κ2) is 7.01. The van der Waals surface area contributed by atoms with E-state index < -0.39 is 0 Å². The van der Waals surface area contributed by atoms with Gasteiger partial charge in [-0.15, -0.1) is 0 Å². The van der Waals surface area contributed by atoms with Gasteiger partial charge in [0.1, 0.15) is 5.84 Å². The summed E-state index contributed by atoms with van der Waals surface area (Å²) < 4.78 is 0. The zero-order valence-electron chi connectivity index (χ0n) is 11.2. The summed E-state index contributed by atoms with van der Waals surface area (Å²) in [5.74, 6) is 0.107. The van der Waals surface area contributed by atoms with E-state index in [0.717, 1.165) is 42.6 Å². The lowest BCUT2D eigenvalue weighted by Crippen LogP contribution is -2.23. The number of nitrogens with one attached hydrogen (secondary N) is 1. The maximum atomic E-state index is 8.74. The molecule has 0 aliphatic rings. The fraction of sp³-hybridized carbons (Fsp3) is 0.500. The lowest BCUT2D eigenvalue weighted by molar-refractivity contribution is 0.283. The summed E-state index contributed by atoms with van der Waals surface area (Å²) in [7, 11) is 2.01. The molecule has 0 aliphatic heterocycles. The number of nitrogens with zero attached hydrogens (tertiary/aromatic N) is 1. The summed E-state index contributed by atoms with van der Waals surface area (Å²) in [6.07, 6.45) is 2.89. The van der Waals surface area contributed by atoms with Gasteiger partial charge in [0.25, 0.3) is 0 Å². The molecule has 0 bridgehead atoms. The van der Waals surface area contributed by atoms with E-state index in [1.54, 1.807) is 0 Å². The number of hydrogen-bond acceptors (Lipinski definition) is 3. The topological polar surface area (TPSA) is 73.3 Å². The van der Waals surface area contributed by atoms with E-state index in [9.17, 15) is 0 Å². The number of aliphatic hydroxyl groups excluding tert-OH is 1. The molecule has 0 atom stereocenters. The molecule has 1 aromatic carbocycles. The standard InChI is InChI=1S/C14H23N3O/c1-11-6-7-13(12(10-11)14(15)16)17(2)8-4-3-5-9-18/h6-7,10,18H,3-5,8-9H2,1-2H3,(H3,15,16). The summed E-state index contributed by atoms with van der Waals surface area (Å²) in [6.45, 7) is 3.16. The van der Waals surface area contributed by atoms with Gasteiger partial charge in [-0.1, -0.05) is 11.6 Å². The van der Waals surface area contributed by atoms with Gasteiger partial charge >= 0.3 is 0 Å². The molecule has 1 rings (SSSR count). The molecular formula is C14H23N3O. The number of amidine groups is 1. The normalized spacial score (nSPS) is 10.4. The molecule has 0 saturated carbocycles. The smallest absolute Gasteiger partial charge is 0.124 e. The first-order chi connectivity index (χ1) is 8.56. The maximum Gasteiger partial charge on any atom is 0.124 e. The Balaban J connectivity index is 2.72. The maximum absolute atomic E-state index is 8.74. The van der Waals surface area contributed by atoms with Crippen LogP contribution in [0, 0.1) is 12.3 Å². The number of nitrogens with two attached hydrogens (primary N) is 1. The van der Waals surface area contributed by atoms with Crippen molar-refractivity contribution < 1.29 is 5.11 Å². The fourth-order valence-corrected chi connectivity index (χ4v) is 1.96. The van der Waals surface area contributed by atoms with Crippen LogP contribution in [0.25, 0.3) is 0 Å². The summed E-state index contributed by atoms with van der Waals surface area (Å²) >= 11 is 0. The molecule has 0 aliphatic carbocycles. The van der Waals surface area contributed by atoms with Crippen molar-refractivity contribution in [3.63, 3.8) is 0 Å².